The normalized spacial score (nSPS) is 14.4. The average molecular weight is 292 g/mol. The van der Waals surface area contributed by atoms with E-state index in [-0.39, 0.29) is 17.1 Å². The van der Waals surface area contributed by atoms with Crippen LogP contribution in [-0.2, 0) is 9.53 Å². The number of alkyl halides is 1. The van der Waals surface area contributed by atoms with E-state index in [9.17, 15) is 9.18 Å². The van der Waals surface area contributed by atoms with Gasteiger partial charge in [-0.25, -0.2) is 4.39 Å². The van der Waals surface area contributed by atoms with E-state index < -0.39 is 6.17 Å². The Balaban J connectivity index is 3.94. The summed E-state index contributed by atoms with van der Waals surface area (Å²) >= 11 is 1.61. The third kappa shape index (κ3) is 9.31. The topological polar surface area (TPSA) is 26.3 Å². The van der Waals surface area contributed by atoms with Gasteiger partial charge in [0.25, 0.3) is 0 Å². The highest BCUT2D eigenvalue weighted by Gasteiger charge is 2.23. The Hall–Kier alpha value is -0.250. The van der Waals surface area contributed by atoms with Crippen LogP contribution in [0, 0.1) is 5.92 Å². The molecule has 0 fully saturated rings. The third-order valence-electron chi connectivity index (χ3n) is 2.98. The van der Waals surface area contributed by atoms with Gasteiger partial charge in [0.1, 0.15) is 5.25 Å². The summed E-state index contributed by atoms with van der Waals surface area (Å²) in [6, 6.07) is 0. The number of ether oxygens (including phenoxy) is 1. The van der Waals surface area contributed by atoms with Gasteiger partial charge < -0.3 is 4.74 Å². The van der Waals surface area contributed by atoms with Crippen LogP contribution in [0.5, 0.6) is 0 Å². The molecule has 0 aromatic rings. The number of halogens is 1. The molecule has 0 rings (SSSR count). The van der Waals surface area contributed by atoms with E-state index in [1.807, 2.05) is 20.8 Å². The zero-order chi connectivity index (χ0) is 14.7. The number of thioether (sulfide) groups is 1. The van der Waals surface area contributed by atoms with E-state index in [4.69, 9.17) is 4.74 Å². The molecule has 19 heavy (non-hydrogen) atoms. The molecule has 0 spiro atoms. The van der Waals surface area contributed by atoms with Gasteiger partial charge in [0, 0.05) is 0 Å². The van der Waals surface area contributed by atoms with Crippen molar-refractivity contribution in [1.82, 2.24) is 0 Å². The first kappa shape index (κ1) is 18.8. The Morgan fingerprint density at radius 2 is 1.95 bits per heavy atom. The minimum Gasteiger partial charge on any atom is -0.465 e. The predicted octanol–water partition coefficient (Wildman–Crippen LogP) is 4.62. The van der Waals surface area contributed by atoms with Crippen LogP contribution in [0.4, 0.5) is 4.39 Å². The molecule has 2 unspecified atom stereocenters. The fourth-order valence-corrected chi connectivity index (χ4v) is 2.83. The summed E-state index contributed by atoms with van der Waals surface area (Å²) in [6.45, 7) is 8.51. The maximum atomic E-state index is 13.1. The molecule has 0 bridgehead atoms. The molecular weight excluding hydrogens is 263 g/mol. The summed E-state index contributed by atoms with van der Waals surface area (Å²) < 4.78 is 18.3. The molecular formula is C15H29FO2S. The van der Waals surface area contributed by atoms with Crippen molar-refractivity contribution < 1.29 is 13.9 Å². The standard InChI is InChI=1S/C15H29FO2S/c1-5-7-10-18-15(17)14(12(3)4)19-11-8-9-13(16)6-2/h12-14H,5-11H2,1-4H3. The molecule has 0 heterocycles. The fraction of sp³-hybridized carbons (Fsp3) is 0.933. The van der Waals surface area contributed by atoms with Crippen molar-refractivity contribution >= 4 is 17.7 Å². The lowest BCUT2D eigenvalue weighted by atomic mass is 10.1. The molecule has 0 aromatic heterocycles. The van der Waals surface area contributed by atoms with Gasteiger partial charge in [-0.05, 0) is 37.4 Å². The van der Waals surface area contributed by atoms with Gasteiger partial charge in [-0.1, -0.05) is 34.1 Å². The van der Waals surface area contributed by atoms with Crippen LogP contribution >= 0.6 is 11.8 Å². The van der Waals surface area contributed by atoms with E-state index in [1.165, 1.54) is 0 Å². The van der Waals surface area contributed by atoms with Crippen LogP contribution in [0.25, 0.3) is 0 Å². The molecule has 0 aliphatic rings. The maximum absolute atomic E-state index is 13.1. The molecule has 0 saturated carbocycles. The quantitative estimate of drug-likeness (QED) is 0.411. The lowest BCUT2D eigenvalue weighted by molar-refractivity contribution is -0.143. The van der Waals surface area contributed by atoms with Crippen molar-refractivity contribution in [1.29, 1.82) is 0 Å². The van der Waals surface area contributed by atoms with Crippen LogP contribution in [-0.4, -0.2) is 29.8 Å². The van der Waals surface area contributed by atoms with E-state index >= 15 is 0 Å². The molecule has 4 heteroatoms. The van der Waals surface area contributed by atoms with Crippen molar-refractivity contribution in [3.63, 3.8) is 0 Å². The number of carbonyl (C=O) groups is 1. The van der Waals surface area contributed by atoms with Crippen molar-refractivity contribution in [3.05, 3.63) is 0 Å². The van der Waals surface area contributed by atoms with E-state index in [0.29, 0.717) is 19.4 Å². The fourth-order valence-electron chi connectivity index (χ4n) is 1.65. The Morgan fingerprint density at radius 3 is 2.47 bits per heavy atom. The molecule has 0 aliphatic carbocycles. The van der Waals surface area contributed by atoms with Crippen LogP contribution < -0.4 is 0 Å². The summed E-state index contributed by atoms with van der Waals surface area (Å²) in [5, 5.41) is -0.114. The second-order valence-corrected chi connectivity index (χ2v) is 6.45. The summed E-state index contributed by atoms with van der Waals surface area (Å²) in [6.07, 6.45) is 3.25. The average Bonchev–Trinajstić information content (AvgIpc) is 2.37. The van der Waals surface area contributed by atoms with Gasteiger partial charge in [0.05, 0.1) is 12.8 Å². The van der Waals surface area contributed by atoms with Gasteiger partial charge >= 0.3 is 5.97 Å². The molecule has 2 atom stereocenters. The van der Waals surface area contributed by atoms with E-state index in [1.54, 1.807) is 11.8 Å². The van der Waals surface area contributed by atoms with Crippen molar-refractivity contribution in [2.45, 2.75) is 71.2 Å². The minimum absolute atomic E-state index is 0.110. The highest BCUT2D eigenvalue weighted by atomic mass is 32.2. The largest absolute Gasteiger partial charge is 0.465 e. The van der Waals surface area contributed by atoms with E-state index in [2.05, 4.69) is 6.92 Å². The molecule has 0 amide bonds. The number of carbonyl (C=O) groups excluding carboxylic acids is 1. The van der Waals surface area contributed by atoms with Crippen LogP contribution in [0.3, 0.4) is 0 Å². The number of rotatable bonds is 11. The molecule has 0 aromatic carbocycles. The maximum Gasteiger partial charge on any atom is 0.319 e. The first-order valence-corrected chi connectivity index (χ1v) is 8.50. The first-order valence-electron chi connectivity index (χ1n) is 7.45. The molecule has 0 saturated heterocycles. The molecule has 114 valence electrons. The van der Waals surface area contributed by atoms with Crippen LogP contribution in [0.15, 0.2) is 0 Å². The minimum atomic E-state index is -0.699. The van der Waals surface area contributed by atoms with Crippen LogP contribution in [0.1, 0.15) is 59.8 Å². The van der Waals surface area contributed by atoms with Crippen molar-refractivity contribution in [2.75, 3.05) is 12.4 Å². The molecule has 0 aliphatic heterocycles. The SMILES string of the molecule is CCCCOC(=O)C(SCCCC(F)CC)C(C)C. The van der Waals surface area contributed by atoms with Gasteiger partial charge in [0.15, 0.2) is 0 Å². The van der Waals surface area contributed by atoms with Crippen molar-refractivity contribution in [3.8, 4) is 0 Å². The second kappa shape index (κ2) is 11.6. The highest BCUT2D eigenvalue weighted by molar-refractivity contribution is 8.00. The smallest absolute Gasteiger partial charge is 0.319 e. The lowest BCUT2D eigenvalue weighted by Crippen LogP contribution is -2.26. The number of unbranched alkanes of at least 4 members (excludes halogenated alkanes) is 1. The molecule has 0 N–H and O–H groups in total. The molecule has 0 radical (unpaired) electrons. The number of esters is 1. The monoisotopic (exact) mass is 292 g/mol. The van der Waals surface area contributed by atoms with Gasteiger partial charge in [-0.15, -0.1) is 11.8 Å². The lowest BCUT2D eigenvalue weighted by Gasteiger charge is -2.19. The van der Waals surface area contributed by atoms with Crippen LogP contribution in [0.2, 0.25) is 0 Å². The van der Waals surface area contributed by atoms with Gasteiger partial charge in [-0.2, -0.15) is 0 Å². The summed E-state index contributed by atoms with van der Waals surface area (Å²) in [7, 11) is 0. The van der Waals surface area contributed by atoms with Gasteiger partial charge in [-0.3, -0.25) is 4.79 Å². The second-order valence-electron chi connectivity index (χ2n) is 5.20. The van der Waals surface area contributed by atoms with Crippen molar-refractivity contribution in [2.24, 2.45) is 5.92 Å². The zero-order valence-corrected chi connectivity index (χ0v) is 13.6. The predicted molar refractivity (Wildman–Crippen MR) is 81.4 cm³/mol. The Labute approximate surface area is 121 Å². The highest BCUT2D eigenvalue weighted by Crippen LogP contribution is 2.23. The Kier molecular flexibility index (Phi) is 11.4. The van der Waals surface area contributed by atoms with E-state index in [0.717, 1.165) is 25.0 Å². The summed E-state index contributed by atoms with van der Waals surface area (Å²) in [4.78, 5) is 11.9. The summed E-state index contributed by atoms with van der Waals surface area (Å²) in [5.41, 5.74) is 0. The number of hydrogen-bond donors (Lipinski definition) is 0. The Morgan fingerprint density at radius 1 is 1.26 bits per heavy atom. The Bertz CT molecular complexity index is 234. The van der Waals surface area contributed by atoms with Gasteiger partial charge in [0.2, 0.25) is 0 Å². The first-order chi connectivity index (χ1) is 9.02. The molecule has 2 nitrogen and oxygen atoms in total. The zero-order valence-electron chi connectivity index (χ0n) is 12.8. The third-order valence-corrected chi connectivity index (χ3v) is 4.60. The summed E-state index contributed by atoms with van der Waals surface area (Å²) in [5.74, 6) is 0.971. The number of hydrogen-bond acceptors (Lipinski definition) is 3.